The van der Waals surface area contributed by atoms with Crippen LogP contribution in [0.4, 0.5) is 0 Å². The summed E-state index contributed by atoms with van der Waals surface area (Å²) in [6.45, 7) is 4.55. The SMILES string of the molecule is CO/C=C/[C@@H]1c2ccccc2C=C[C@H]1C(C)C. The summed E-state index contributed by atoms with van der Waals surface area (Å²) >= 11 is 0. The van der Waals surface area contributed by atoms with Gasteiger partial charge in [-0.15, -0.1) is 0 Å². The van der Waals surface area contributed by atoms with Gasteiger partial charge >= 0.3 is 0 Å². The fourth-order valence-corrected chi connectivity index (χ4v) is 2.54. The van der Waals surface area contributed by atoms with Crippen molar-refractivity contribution in [2.24, 2.45) is 11.8 Å². The van der Waals surface area contributed by atoms with E-state index in [1.165, 1.54) is 11.1 Å². The highest BCUT2D eigenvalue weighted by Crippen LogP contribution is 2.38. The molecule has 1 nitrogen and oxygen atoms in total. The van der Waals surface area contributed by atoms with Gasteiger partial charge in [0.15, 0.2) is 0 Å². The molecule has 2 atom stereocenters. The Hall–Kier alpha value is -1.50. The van der Waals surface area contributed by atoms with Gasteiger partial charge in [0.25, 0.3) is 0 Å². The van der Waals surface area contributed by atoms with Crippen LogP contribution in [-0.2, 0) is 4.74 Å². The standard InChI is InChI=1S/C16H20O/c1-12(2)14-9-8-13-6-4-5-7-15(13)16(14)10-11-17-3/h4-12,14,16H,1-3H3/b11-10+/t14-,16-/m0/s1. The molecule has 1 heteroatoms. The molecule has 0 saturated carbocycles. The van der Waals surface area contributed by atoms with Crippen LogP contribution in [0.15, 0.2) is 42.7 Å². The minimum Gasteiger partial charge on any atom is -0.505 e. The van der Waals surface area contributed by atoms with E-state index in [9.17, 15) is 0 Å². The van der Waals surface area contributed by atoms with Crippen molar-refractivity contribution in [1.29, 1.82) is 0 Å². The first-order chi connectivity index (χ1) is 8.24. The van der Waals surface area contributed by atoms with E-state index < -0.39 is 0 Å². The molecule has 0 heterocycles. The number of ether oxygens (including phenoxy) is 1. The van der Waals surface area contributed by atoms with Gasteiger partial charge in [0, 0.05) is 5.92 Å². The molecule has 1 aliphatic rings. The summed E-state index contributed by atoms with van der Waals surface area (Å²) in [5.74, 6) is 1.61. The summed E-state index contributed by atoms with van der Waals surface area (Å²) in [4.78, 5) is 0. The molecule has 0 aliphatic heterocycles. The molecule has 0 fully saturated rings. The number of hydrogen-bond acceptors (Lipinski definition) is 1. The first kappa shape index (κ1) is 12.0. The third-order valence-corrected chi connectivity index (χ3v) is 3.46. The lowest BCUT2D eigenvalue weighted by molar-refractivity contribution is 0.330. The zero-order valence-electron chi connectivity index (χ0n) is 10.8. The highest BCUT2D eigenvalue weighted by atomic mass is 16.5. The predicted molar refractivity (Wildman–Crippen MR) is 72.7 cm³/mol. The fourth-order valence-electron chi connectivity index (χ4n) is 2.54. The van der Waals surface area contributed by atoms with E-state index >= 15 is 0 Å². The zero-order chi connectivity index (χ0) is 12.3. The van der Waals surface area contributed by atoms with Gasteiger partial charge in [-0.05, 0) is 29.0 Å². The van der Waals surface area contributed by atoms with Crippen molar-refractivity contribution in [2.45, 2.75) is 19.8 Å². The molecule has 0 N–H and O–H groups in total. The van der Waals surface area contributed by atoms with Crippen LogP contribution in [0.1, 0.15) is 30.9 Å². The van der Waals surface area contributed by atoms with Crippen LogP contribution in [-0.4, -0.2) is 7.11 Å². The second-order valence-corrected chi connectivity index (χ2v) is 4.90. The van der Waals surface area contributed by atoms with Gasteiger partial charge in [0.2, 0.25) is 0 Å². The summed E-state index contributed by atoms with van der Waals surface area (Å²) in [7, 11) is 1.70. The van der Waals surface area contributed by atoms with Gasteiger partial charge < -0.3 is 4.74 Å². The van der Waals surface area contributed by atoms with E-state index in [-0.39, 0.29) is 0 Å². The summed E-state index contributed by atoms with van der Waals surface area (Å²) in [6, 6.07) is 8.61. The Kier molecular flexibility index (Phi) is 3.68. The van der Waals surface area contributed by atoms with Crippen LogP contribution in [0.3, 0.4) is 0 Å². The van der Waals surface area contributed by atoms with Crippen molar-refractivity contribution in [2.75, 3.05) is 7.11 Å². The van der Waals surface area contributed by atoms with Crippen LogP contribution >= 0.6 is 0 Å². The van der Waals surface area contributed by atoms with E-state index in [0.29, 0.717) is 17.8 Å². The van der Waals surface area contributed by atoms with E-state index in [1.54, 1.807) is 13.4 Å². The molecule has 17 heavy (non-hydrogen) atoms. The topological polar surface area (TPSA) is 9.23 Å². The van der Waals surface area contributed by atoms with Crippen LogP contribution in [0.25, 0.3) is 6.08 Å². The Bertz CT molecular complexity index is 429. The lowest BCUT2D eigenvalue weighted by atomic mass is 9.74. The van der Waals surface area contributed by atoms with Crippen LogP contribution in [0.2, 0.25) is 0 Å². The molecular formula is C16H20O. The zero-order valence-corrected chi connectivity index (χ0v) is 10.8. The van der Waals surface area contributed by atoms with Crippen LogP contribution < -0.4 is 0 Å². The molecule has 1 aromatic carbocycles. The van der Waals surface area contributed by atoms with Gasteiger partial charge in [0.1, 0.15) is 0 Å². The average molecular weight is 228 g/mol. The summed E-state index contributed by atoms with van der Waals surface area (Å²) in [6.07, 6.45) is 8.55. The van der Waals surface area contributed by atoms with E-state index in [0.717, 1.165) is 0 Å². The molecule has 0 amide bonds. The van der Waals surface area contributed by atoms with Crippen molar-refractivity contribution >= 4 is 6.08 Å². The summed E-state index contributed by atoms with van der Waals surface area (Å²) < 4.78 is 5.08. The van der Waals surface area contributed by atoms with E-state index in [2.05, 4.69) is 56.3 Å². The molecule has 0 aromatic heterocycles. The minimum atomic E-state index is 0.427. The minimum absolute atomic E-state index is 0.427. The van der Waals surface area contributed by atoms with Gasteiger partial charge in [0.05, 0.1) is 13.4 Å². The lowest BCUT2D eigenvalue weighted by Gasteiger charge is -2.30. The van der Waals surface area contributed by atoms with Gasteiger partial charge in [-0.1, -0.05) is 50.3 Å². The number of allylic oxidation sites excluding steroid dienone is 2. The Labute approximate surface area is 104 Å². The quantitative estimate of drug-likeness (QED) is 0.703. The predicted octanol–water partition coefficient (Wildman–Crippen LogP) is 4.23. The Morgan fingerprint density at radius 2 is 2.00 bits per heavy atom. The molecule has 2 rings (SSSR count). The normalized spacial score (nSPS) is 23.1. The summed E-state index contributed by atoms with van der Waals surface area (Å²) in [5.41, 5.74) is 2.73. The monoisotopic (exact) mass is 228 g/mol. The Balaban J connectivity index is 2.40. The first-order valence-electron chi connectivity index (χ1n) is 6.20. The van der Waals surface area contributed by atoms with Gasteiger partial charge in [-0.2, -0.15) is 0 Å². The maximum atomic E-state index is 5.08. The Morgan fingerprint density at radius 1 is 1.24 bits per heavy atom. The van der Waals surface area contributed by atoms with Crippen LogP contribution in [0, 0.1) is 11.8 Å². The third-order valence-electron chi connectivity index (χ3n) is 3.46. The van der Waals surface area contributed by atoms with Gasteiger partial charge in [-0.3, -0.25) is 0 Å². The molecule has 1 aromatic rings. The van der Waals surface area contributed by atoms with Crippen molar-refractivity contribution < 1.29 is 4.74 Å². The number of rotatable bonds is 3. The molecule has 0 saturated heterocycles. The highest BCUT2D eigenvalue weighted by Gasteiger charge is 2.26. The van der Waals surface area contributed by atoms with Crippen molar-refractivity contribution in [1.82, 2.24) is 0 Å². The van der Waals surface area contributed by atoms with Crippen molar-refractivity contribution in [3.8, 4) is 0 Å². The smallest absolute Gasteiger partial charge is 0.0791 e. The molecule has 0 unspecified atom stereocenters. The maximum absolute atomic E-state index is 5.08. The lowest BCUT2D eigenvalue weighted by Crippen LogP contribution is -2.18. The maximum Gasteiger partial charge on any atom is 0.0791 e. The van der Waals surface area contributed by atoms with E-state index in [1.807, 2.05) is 0 Å². The average Bonchev–Trinajstić information content (AvgIpc) is 2.35. The highest BCUT2D eigenvalue weighted by molar-refractivity contribution is 5.59. The molecule has 0 bridgehead atoms. The molecular weight excluding hydrogens is 208 g/mol. The van der Waals surface area contributed by atoms with Crippen molar-refractivity contribution in [3.05, 3.63) is 53.8 Å². The Morgan fingerprint density at radius 3 is 2.71 bits per heavy atom. The largest absolute Gasteiger partial charge is 0.505 e. The molecule has 90 valence electrons. The third kappa shape index (κ3) is 2.44. The number of fused-ring (bicyclic) bond motifs is 1. The van der Waals surface area contributed by atoms with E-state index in [4.69, 9.17) is 4.74 Å². The van der Waals surface area contributed by atoms with Gasteiger partial charge in [-0.25, -0.2) is 0 Å². The molecule has 0 radical (unpaired) electrons. The number of hydrogen-bond donors (Lipinski definition) is 0. The first-order valence-corrected chi connectivity index (χ1v) is 6.20. The fraction of sp³-hybridized carbons (Fsp3) is 0.375. The number of benzene rings is 1. The molecule has 0 spiro atoms. The molecule has 1 aliphatic carbocycles. The number of methoxy groups -OCH3 is 1. The summed E-state index contributed by atoms with van der Waals surface area (Å²) in [5, 5.41) is 0. The van der Waals surface area contributed by atoms with Crippen molar-refractivity contribution in [3.63, 3.8) is 0 Å². The second-order valence-electron chi connectivity index (χ2n) is 4.90. The van der Waals surface area contributed by atoms with Crippen LogP contribution in [0.5, 0.6) is 0 Å². The second kappa shape index (κ2) is 5.22.